The molecule has 1 saturated carbocycles. The number of nitrogens with one attached hydrogen (secondary N) is 1. The topological polar surface area (TPSA) is 7.68 Å². The minimum atomic E-state index is 0.0281. The van der Waals surface area contributed by atoms with Crippen molar-refractivity contribution < 1.29 is 4.90 Å². The third-order valence-corrected chi connectivity index (χ3v) is 10.4. The van der Waals surface area contributed by atoms with Crippen molar-refractivity contribution in [3.63, 3.8) is 0 Å². The summed E-state index contributed by atoms with van der Waals surface area (Å²) < 4.78 is 0. The summed E-state index contributed by atoms with van der Waals surface area (Å²) in [5.41, 5.74) is 8.90. The Hall–Kier alpha value is -3.62. The first-order chi connectivity index (χ1) is 19.5. The number of quaternary nitrogens is 1. The standard InChI is InChI=1S/C38H40N2/c1-37(27-28-15-6-4-7-16-28)31-19-10-11-20-32(31)39(2)34(37)21-14-22-35-38(25-12-5-13-26-38)36-30-18-9-8-17-29(30)23-24-33(36)40(35)3/h4,6-11,14-24,34H,5,12-13,25-27H2,1-3H3/p+1/b21-14+,35-22+. The van der Waals surface area contributed by atoms with Gasteiger partial charge in [-0.25, -0.2) is 0 Å². The minimum Gasteiger partial charge on any atom is -0.347 e. The van der Waals surface area contributed by atoms with Gasteiger partial charge in [0.05, 0.1) is 12.5 Å². The van der Waals surface area contributed by atoms with E-state index in [1.54, 1.807) is 5.56 Å². The number of hydrogen-bond donors (Lipinski definition) is 1. The van der Waals surface area contributed by atoms with Crippen LogP contribution < -0.4 is 9.80 Å². The Labute approximate surface area is 239 Å². The van der Waals surface area contributed by atoms with Crippen molar-refractivity contribution in [3.8, 4) is 0 Å². The second kappa shape index (κ2) is 9.78. The number of anilines is 1. The molecule has 0 aromatic heterocycles. The second-order valence-corrected chi connectivity index (χ2v) is 12.6. The summed E-state index contributed by atoms with van der Waals surface area (Å²) >= 11 is 0. The van der Waals surface area contributed by atoms with Crippen LogP contribution in [0.5, 0.6) is 0 Å². The monoisotopic (exact) mass is 525 g/mol. The van der Waals surface area contributed by atoms with E-state index in [4.69, 9.17) is 0 Å². The van der Waals surface area contributed by atoms with Crippen LogP contribution >= 0.6 is 0 Å². The molecule has 1 spiro atoms. The molecule has 3 unspecified atom stereocenters. The molecule has 1 fully saturated rings. The van der Waals surface area contributed by atoms with Crippen molar-refractivity contribution in [1.82, 2.24) is 0 Å². The maximum absolute atomic E-state index is 2.51. The number of para-hydroxylation sites is 1. The van der Waals surface area contributed by atoms with E-state index in [1.165, 1.54) is 76.0 Å². The number of rotatable bonds is 4. The van der Waals surface area contributed by atoms with Gasteiger partial charge in [-0.05, 0) is 72.4 Å². The Balaban J connectivity index is 1.30. The Morgan fingerprint density at radius 1 is 0.850 bits per heavy atom. The highest BCUT2D eigenvalue weighted by atomic mass is 15.2. The molecule has 2 heterocycles. The number of allylic oxidation sites excluding steroid dienone is 3. The molecule has 0 radical (unpaired) electrons. The molecular formula is C38H41N2+. The Morgan fingerprint density at radius 2 is 1.57 bits per heavy atom. The quantitative estimate of drug-likeness (QED) is 0.287. The van der Waals surface area contributed by atoms with Crippen LogP contribution in [0.4, 0.5) is 11.4 Å². The summed E-state index contributed by atoms with van der Waals surface area (Å²) in [5.74, 6) is 0. The van der Waals surface area contributed by atoms with Gasteiger partial charge in [-0.1, -0.05) is 104 Å². The van der Waals surface area contributed by atoms with Gasteiger partial charge in [0.15, 0.2) is 0 Å². The summed E-state index contributed by atoms with van der Waals surface area (Å²) in [7, 11) is 4.64. The number of likely N-dealkylation sites (N-methyl/N-ethyl adjacent to an activating group) is 2. The molecule has 4 aromatic carbocycles. The van der Waals surface area contributed by atoms with Gasteiger partial charge < -0.3 is 4.90 Å². The highest BCUT2D eigenvalue weighted by molar-refractivity contribution is 5.95. The van der Waals surface area contributed by atoms with Crippen LogP contribution in [0.2, 0.25) is 0 Å². The molecule has 7 rings (SSSR count). The number of nitrogens with zero attached hydrogens (tertiary/aromatic N) is 1. The zero-order valence-corrected chi connectivity index (χ0v) is 24.2. The lowest BCUT2D eigenvalue weighted by Crippen LogP contribution is -3.07. The van der Waals surface area contributed by atoms with Crippen LogP contribution in [0, 0.1) is 0 Å². The molecule has 2 heteroatoms. The molecular weight excluding hydrogens is 484 g/mol. The molecule has 40 heavy (non-hydrogen) atoms. The normalized spacial score (nSPS) is 26.2. The van der Waals surface area contributed by atoms with E-state index in [1.807, 2.05) is 0 Å². The summed E-state index contributed by atoms with van der Waals surface area (Å²) in [6.07, 6.45) is 14.9. The van der Waals surface area contributed by atoms with Crippen LogP contribution in [0.15, 0.2) is 115 Å². The number of benzene rings is 4. The molecule has 0 saturated heterocycles. The zero-order chi connectivity index (χ0) is 27.3. The van der Waals surface area contributed by atoms with Crippen molar-refractivity contribution in [1.29, 1.82) is 0 Å². The molecule has 3 aliphatic rings. The fourth-order valence-electron chi connectivity index (χ4n) is 8.53. The predicted molar refractivity (Wildman–Crippen MR) is 169 cm³/mol. The van der Waals surface area contributed by atoms with Gasteiger partial charge in [-0.15, -0.1) is 0 Å². The lowest BCUT2D eigenvalue weighted by Gasteiger charge is -2.37. The van der Waals surface area contributed by atoms with Gasteiger partial charge in [0.2, 0.25) is 0 Å². The summed E-state index contributed by atoms with van der Waals surface area (Å²) in [5, 5.41) is 2.80. The average Bonchev–Trinajstić information content (AvgIpc) is 3.34. The van der Waals surface area contributed by atoms with Gasteiger partial charge >= 0.3 is 0 Å². The van der Waals surface area contributed by atoms with E-state index in [2.05, 4.69) is 135 Å². The Morgan fingerprint density at radius 3 is 2.40 bits per heavy atom. The van der Waals surface area contributed by atoms with Crippen molar-refractivity contribution in [2.24, 2.45) is 0 Å². The molecule has 2 aliphatic heterocycles. The lowest BCUT2D eigenvalue weighted by atomic mass is 9.67. The molecule has 0 bridgehead atoms. The average molecular weight is 526 g/mol. The van der Waals surface area contributed by atoms with Gasteiger partial charge in [-0.2, -0.15) is 0 Å². The van der Waals surface area contributed by atoms with Gasteiger partial charge in [0, 0.05) is 29.4 Å². The summed E-state index contributed by atoms with van der Waals surface area (Å²) in [6.45, 7) is 2.48. The molecule has 1 N–H and O–H groups in total. The van der Waals surface area contributed by atoms with Gasteiger partial charge in [-0.3, -0.25) is 4.90 Å². The summed E-state index contributed by atoms with van der Waals surface area (Å²) in [4.78, 5) is 3.99. The van der Waals surface area contributed by atoms with Crippen LogP contribution in [0.3, 0.4) is 0 Å². The van der Waals surface area contributed by atoms with E-state index in [9.17, 15) is 0 Å². The van der Waals surface area contributed by atoms with Gasteiger partial charge in [0.1, 0.15) is 11.7 Å². The van der Waals surface area contributed by atoms with Crippen LogP contribution in [0.1, 0.15) is 55.7 Å². The maximum atomic E-state index is 2.51. The second-order valence-electron chi connectivity index (χ2n) is 12.6. The highest BCUT2D eigenvalue weighted by Gasteiger charge is 2.50. The minimum absolute atomic E-state index is 0.0281. The van der Waals surface area contributed by atoms with Crippen LogP contribution in [0.25, 0.3) is 10.8 Å². The summed E-state index contributed by atoms with van der Waals surface area (Å²) in [6, 6.07) is 34.2. The van der Waals surface area contributed by atoms with Crippen molar-refractivity contribution in [3.05, 3.63) is 132 Å². The van der Waals surface area contributed by atoms with Crippen molar-refractivity contribution in [2.45, 2.75) is 62.3 Å². The van der Waals surface area contributed by atoms with E-state index >= 15 is 0 Å². The third kappa shape index (κ3) is 3.80. The molecule has 2 nitrogen and oxygen atoms in total. The number of fused-ring (bicyclic) bond motifs is 5. The van der Waals surface area contributed by atoms with E-state index in [0.717, 1.165) is 6.42 Å². The predicted octanol–water partition coefficient (Wildman–Crippen LogP) is 7.66. The van der Waals surface area contributed by atoms with E-state index in [-0.39, 0.29) is 10.8 Å². The molecule has 1 aliphatic carbocycles. The molecule has 4 aromatic rings. The van der Waals surface area contributed by atoms with E-state index in [0.29, 0.717) is 6.04 Å². The number of hydrogen-bond acceptors (Lipinski definition) is 1. The Bertz CT molecular complexity index is 1610. The van der Waals surface area contributed by atoms with Gasteiger partial charge in [0.25, 0.3) is 0 Å². The first-order valence-electron chi connectivity index (χ1n) is 15.2. The molecule has 0 amide bonds. The first-order valence-corrected chi connectivity index (χ1v) is 15.2. The van der Waals surface area contributed by atoms with Crippen molar-refractivity contribution >= 4 is 22.1 Å². The Kier molecular flexibility index (Phi) is 6.20. The SMILES string of the molecule is CN1/C(=C/C=C/C2[NH+](C)c3ccccc3C2(C)Cc2ccccc2)C2(CCCCC2)c2c1ccc1ccccc21. The van der Waals surface area contributed by atoms with Crippen LogP contribution in [-0.2, 0) is 17.3 Å². The maximum Gasteiger partial charge on any atom is 0.135 e. The lowest BCUT2D eigenvalue weighted by molar-refractivity contribution is -0.828. The largest absolute Gasteiger partial charge is 0.347 e. The van der Waals surface area contributed by atoms with Crippen molar-refractivity contribution in [2.75, 3.05) is 19.0 Å². The third-order valence-electron chi connectivity index (χ3n) is 10.4. The first kappa shape index (κ1) is 25.4. The fraction of sp³-hybridized carbons (Fsp3) is 0.316. The molecule has 202 valence electrons. The highest BCUT2D eigenvalue weighted by Crippen LogP contribution is 2.56. The molecule has 3 atom stereocenters. The fourth-order valence-corrected chi connectivity index (χ4v) is 8.53. The van der Waals surface area contributed by atoms with Crippen LogP contribution in [-0.4, -0.2) is 20.1 Å². The smallest absolute Gasteiger partial charge is 0.135 e. The van der Waals surface area contributed by atoms with E-state index < -0.39 is 0 Å². The zero-order valence-electron chi connectivity index (χ0n) is 24.2.